The second-order valence-corrected chi connectivity index (χ2v) is 14.7. The van der Waals surface area contributed by atoms with Crippen LogP contribution in [0, 0.1) is 23.7 Å². The molecule has 0 amide bonds. The highest BCUT2D eigenvalue weighted by atomic mass is 16.7. The van der Waals surface area contributed by atoms with Gasteiger partial charge in [-0.1, -0.05) is 76.5 Å². The van der Waals surface area contributed by atoms with Crippen LogP contribution in [0.1, 0.15) is 86.5 Å². The highest BCUT2D eigenvalue weighted by Gasteiger charge is 2.61. The first-order valence-electron chi connectivity index (χ1n) is 17.4. The zero-order valence-corrected chi connectivity index (χ0v) is 28.7. The lowest BCUT2D eigenvalue weighted by molar-refractivity contribution is -0.367. The molecule has 2 bridgehead atoms. The topological polar surface area (TPSA) is 141 Å². The fourth-order valence-electron chi connectivity index (χ4n) is 7.72. The summed E-state index contributed by atoms with van der Waals surface area (Å²) in [5.41, 5.74) is 0.364. The summed E-state index contributed by atoms with van der Waals surface area (Å²) in [6.07, 6.45) is 8.12. The Morgan fingerprint density at radius 3 is 2.70 bits per heavy atom. The molecule has 4 heterocycles. The zero-order valence-electron chi connectivity index (χ0n) is 28.7. The molecule has 3 fully saturated rings. The molecule has 262 valence electrons. The first kappa shape index (κ1) is 36.0. The number of ether oxygens (including phenoxy) is 5. The van der Waals surface area contributed by atoms with Crippen molar-refractivity contribution >= 4 is 11.9 Å². The Kier molecular flexibility index (Phi) is 11.2. The van der Waals surface area contributed by atoms with Crippen LogP contribution >= 0.6 is 0 Å². The normalized spacial score (nSPS) is 44.6. The maximum atomic E-state index is 14.1. The maximum absolute atomic E-state index is 14.1. The molecule has 5 rings (SSSR count). The summed E-state index contributed by atoms with van der Waals surface area (Å²) < 4.78 is 30.9. The minimum Gasteiger partial charge on any atom is -0.462 e. The van der Waals surface area contributed by atoms with Gasteiger partial charge in [-0.15, -0.1) is 0 Å². The molecule has 1 spiro atoms. The van der Waals surface area contributed by atoms with Crippen LogP contribution in [0.2, 0.25) is 0 Å². The van der Waals surface area contributed by atoms with Gasteiger partial charge < -0.3 is 39.0 Å². The predicted octanol–water partition coefficient (Wildman–Crippen LogP) is 4.46. The number of hydrogen-bond acceptors (Lipinski definition) is 10. The maximum Gasteiger partial charge on any atom is 0.316 e. The molecule has 10 heteroatoms. The fraction of sp³-hybridized carbons (Fsp3) is 0.730. The Balaban J connectivity index is 1.47. The molecule has 3 N–H and O–H groups in total. The van der Waals surface area contributed by atoms with Crippen LogP contribution in [-0.2, 0) is 33.3 Å². The number of hydrogen-bond donors (Lipinski definition) is 3. The van der Waals surface area contributed by atoms with Crippen LogP contribution in [0.25, 0.3) is 0 Å². The molecule has 5 aliphatic rings. The molecule has 3 saturated heterocycles. The predicted molar refractivity (Wildman–Crippen MR) is 174 cm³/mol. The third-order valence-electron chi connectivity index (χ3n) is 10.6. The molecule has 0 aromatic heterocycles. The van der Waals surface area contributed by atoms with Gasteiger partial charge in [-0.3, -0.25) is 9.59 Å². The Morgan fingerprint density at radius 2 is 1.96 bits per heavy atom. The summed E-state index contributed by atoms with van der Waals surface area (Å²) in [6.45, 7) is 11.9. The lowest BCUT2D eigenvalue weighted by Crippen LogP contribution is -2.65. The lowest BCUT2D eigenvalue weighted by Gasteiger charge is -2.51. The van der Waals surface area contributed by atoms with Crippen LogP contribution in [-0.4, -0.2) is 88.5 Å². The molecule has 10 nitrogen and oxygen atoms in total. The number of unbranched alkanes of at least 4 members (excludes halogenated alkanes) is 1. The van der Waals surface area contributed by atoms with Gasteiger partial charge in [0.2, 0.25) is 5.79 Å². The van der Waals surface area contributed by atoms with E-state index in [-0.39, 0.29) is 43.4 Å². The van der Waals surface area contributed by atoms with E-state index in [1.165, 1.54) is 0 Å². The third-order valence-corrected chi connectivity index (χ3v) is 10.6. The number of rotatable bonds is 5. The summed E-state index contributed by atoms with van der Waals surface area (Å²) in [7, 11) is 0. The van der Waals surface area contributed by atoms with Crippen LogP contribution in [0.15, 0.2) is 47.1 Å². The van der Waals surface area contributed by atoms with Crippen molar-refractivity contribution in [1.82, 2.24) is 0 Å². The highest BCUT2D eigenvalue weighted by Crippen LogP contribution is 2.47. The van der Waals surface area contributed by atoms with E-state index >= 15 is 0 Å². The first-order valence-corrected chi connectivity index (χ1v) is 17.4. The van der Waals surface area contributed by atoms with Crippen LogP contribution < -0.4 is 0 Å². The molecule has 12 atom stereocenters. The van der Waals surface area contributed by atoms with Gasteiger partial charge >= 0.3 is 11.9 Å². The molecule has 0 aromatic rings. The van der Waals surface area contributed by atoms with E-state index in [1.807, 2.05) is 26.0 Å². The van der Waals surface area contributed by atoms with Crippen molar-refractivity contribution in [1.29, 1.82) is 0 Å². The van der Waals surface area contributed by atoms with Crippen molar-refractivity contribution in [3.63, 3.8) is 0 Å². The molecule has 0 aromatic carbocycles. The molecular formula is C37H54O10. The van der Waals surface area contributed by atoms with Gasteiger partial charge in [0.25, 0.3) is 0 Å². The van der Waals surface area contributed by atoms with Gasteiger partial charge in [0, 0.05) is 18.8 Å². The van der Waals surface area contributed by atoms with Crippen molar-refractivity contribution in [2.75, 3.05) is 13.2 Å². The molecule has 47 heavy (non-hydrogen) atoms. The van der Waals surface area contributed by atoms with E-state index in [4.69, 9.17) is 23.7 Å². The number of aliphatic hydroxyl groups is 3. The van der Waals surface area contributed by atoms with E-state index < -0.39 is 59.9 Å². The van der Waals surface area contributed by atoms with Gasteiger partial charge in [-0.2, -0.15) is 0 Å². The molecule has 0 saturated carbocycles. The van der Waals surface area contributed by atoms with Crippen LogP contribution in [0.5, 0.6) is 0 Å². The Labute approximate surface area is 278 Å². The van der Waals surface area contributed by atoms with Gasteiger partial charge in [0.1, 0.15) is 42.0 Å². The van der Waals surface area contributed by atoms with Crippen LogP contribution in [0.3, 0.4) is 0 Å². The number of carbonyl (C=O) groups is 2. The summed E-state index contributed by atoms with van der Waals surface area (Å²) in [5, 5.41) is 34.9. The Bertz CT molecular complexity index is 1290. The first-order chi connectivity index (χ1) is 22.3. The van der Waals surface area contributed by atoms with E-state index in [0.29, 0.717) is 30.4 Å². The number of aliphatic hydroxyl groups excluding tert-OH is 2. The van der Waals surface area contributed by atoms with Gasteiger partial charge in [0.15, 0.2) is 0 Å². The average Bonchev–Trinajstić information content (AvgIpc) is 3.37. The molecule has 0 unspecified atom stereocenters. The van der Waals surface area contributed by atoms with Crippen molar-refractivity contribution < 1.29 is 48.6 Å². The SMILES string of the molecule is CCCC[C@@H](C)C(=O)O[C@H]1[C@H](C)CO[C@@]2(C[C@@H]3C[C@H](C/C=C(\C)C[C@@H](C)/C=C/C=C4\CO[C@@H]5[C@@H](O)C(C)=C[C@H](C(=O)O3)[C@@]45O)O2)[C@H]1O. The Morgan fingerprint density at radius 1 is 1.19 bits per heavy atom. The second kappa shape index (κ2) is 14.6. The van der Waals surface area contributed by atoms with Crippen molar-refractivity contribution in [2.45, 2.75) is 135 Å². The van der Waals surface area contributed by atoms with Gasteiger partial charge in [-0.05, 0) is 50.2 Å². The summed E-state index contributed by atoms with van der Waals surface area (Å²) in [6, 6.07) is 0. The molecular weight excluding hydrogens is 604 g/mol. The van der Waals surface area contributed by atoms with E-state index in [9.17, 15) is 24.9 Å². The summed E-state index contributed by atoms with van der Waals surface area (Å²) in [4.78, 5) is 27.1. The lowest BCUT2D eigenvalue weighted by atomic mass is 9.71. The second-order valence-electron chi connectivity index (χ2n) is 14.7. The summed E-state index contributed by atoms with van der Waals surface area (Å²) in [5.74, 6) is -4.13. The monoisotopic (exact) mass is 658 g/mol. The van der Waals surface area contributed by atoms with Crippen LogP contribution in [0.4, 0.5) is 0 Å². The molecule has 4 aliphatic heterocycles. The van der Waals surface area contributed by atoms with E-state index in [0.717, 1.165) is 24.8 Å². The fourth-order valence-corrected chi connectivity index (χ4v) is 7.72. The minimum atomic E-state index is -1.80. The zero-order chi connectivity index (χ0) is 34.1. The van der Waals surface area contributed by atoms with Gasteiger partial charge in [-0.25, -0.2) is 0 Å². The van der Waals surface area contributed by atoms with Crippen molar-refractivity contribution in [3.05, 3.63) is 47.1 Å². The summed E-state index contributed by atoms with van der Waals surface area (Å²) >= 11 is 0. The number of esters is 2. The highest BCUT2D eigenvalue weighted by molar-refractivity contribution is 5.78. The van der Waals surface area contributed by atoms with E-state index in [2.05, 4.69) is 26.8 Å². The van der Waals surface area contributed by atoms with Gasteiger partial charge in [0.05, 0.1) is 25.2 Å². The smallest absolute Gasteiger partial charge is 0.316 e. The van der Waals surface area contributed by atoms with Crippen molar-refractivity contribution in [2.24, 2.45) is 23.7 Å². The third kappa shape index (κ3) is 7.33. The number of fused-ring (bicyclic) bond motifs is 2. The largest absolute Gasteiger partial charge is 0.462 e. The quantitative estimate of drug-likeness (QED) is 0.286. The molecule has 0 radical (unpaired) electrons. The minimum absolute atomic E-state index is 0.0180. The number of carbonyl (C=O) groups excluding carboxylic acids is 2. The Hall–Kier alpha value is -2.34. The molecule has 1 aliphatic carbocycles. The standard InChI is InChI=1S/C37H54O10/c1-7-8-11-23(4)34(40)46-31-25(6)19-44-36(32(31)39)18-28-17-27(47-36)14-13-22(3)15-21(2)10-9-12-26-20-43-33-30(38)24(5)16-29(35(41)45-28)37(26,33)42/h9-10,12-13,16,21,23,25,27-33,38-39,42H,7-8,11,14-15,17-20H2,1-6H3/b10-9+,22-13+,26-12+/t21-,23+,25+,27-,28-,29+,30-,31-,32-,33+,36+,37-/m0/s1. The van der Waals surface area contributed by atoms with E-state index in [1.54, 1.807) is 19.1 Å². The average molecular weight is 659 g/mol. The van der Waals surface area contributed by atoms with Crippen molar-refractivity contribution in [3.8, 4) is 0 Å². The number of allylic oxidation sites excluding steroid dienone is 4.